The molecule has 4 nitrogen and oxygen atoms in total. The summed E-state index contributed by atoms with van der Waals surface area (Å²) in [5.41, 5.74) is 3.83. The van der Waals surface area contributed by atoms with E-state index in [2.05, 4.69) is 29.2 Å². The topological polar surface area (TPSA) is 54.2 Å². The molecular weight excluding hydrogens is 200 g/mol. The minimum Gasteiger partial charge on any atom is -0.308 e. The van der Waals surface area contributed by atoms with Gasteiger partial charge in [-0.3, -0.25) is 4.90 Å². The molecule has 0 aliphatic carbocycles. The Labute approximate surface area is 97.8 Å². The number of hydrogen-bond donors (Lipinski definition) is 2. The maximum absolute atomic E-state index is 5.34. The second kappa shape index (κ2) is 7.19. The van der Waals surface area contributed by atoms with Gasteiger partial charge in [-0.05, 0) is 43.6 Å². The predicted octanol–water partition coefficient (Wildman–Crippen LogP) is 1.99. The van der Waals surface area contributed by atoms with Crippen LogP contribution in [0.3, 0.4) is 0 Å². The van der Waals surface area contributed by atoms with Crippen molar-refractivity contribution in [1.29, 1.82) is 0 Å². The quantitative estimate of drug-likeness (QED) is 0.547. The number of hydrogen-bond acceptors (Lipinski definition) is 4. The molecule has 0 amide bonds. The van der Waals surface area contributed by atoms with Gasteiger partial charge in [0.2, 0.25) is 0 Å². The summed E-state index contributed by atoms with van der Waals surface area (Å²) in [6, 6.07) is 4.04. The lowest BCUT2D eigenvalue weighted by atomic mass is 10.2. The van der Waals surface area contributed by atoms with Gasteiger partial charge in [0.25, 0.3) is 0 Å². The highest BCUT2D eigenvalue weighted by Gasteiger charge is 2.04. The van der Waals surface area contributed by atoms with Gasteiger partial charge in [-0.1, -0.05) is 13.8 Å². The fourth-order valence-corrected chi connectivity index (χ4v) is 1.81. The number of hydrazine groups is 1. The van der Waals surface area contributed by atoms with E-state index in [1.807, 2.05) is 12.1 Å². The normalized spacial score (nSPS) is 10.8. The van der Waals surface area contributed by atoms with Crippen LogP contribution in [-0.4, -0.2) is 23.0 Å². The maximum Gasteiger partial charge on any atom is 0.140 e. The Bertz CT molecular complexity index is 295. The molecule has 0 radical (unpaired) electrons. The fourth-order valence-electron chi connectivity index (χ4n) is 1.81. The van der Waals surface area contributed by atoms with E-state index in [0.29, 0.717) is 0 Å². The number of nitrogens with zero attached hydrogens (tertiary/aromatic N) is 2. The Morgan fingerprint density at radius 3 is 2.56 bits per heavy atom. The van der Waals surface area contributed by atoms with Crippen molar-refractivity contribution < 1.29 is 0 Å². The summed E-state index contributed by atoms with van der Waals surface area (Å²) in [5, 5.41) is 0. The minimum atomic E-state index is 0.727. The molecular formula is C12H22N4. The summed E-state index contributed by atoms with van der Waals surface area (Å²) < 4.78 is 0. The van der Waals surface area contributed by atoms with E-state index in [0.717, 1.165) is 25.5 Å². The molecule has 3 N–H and O–H groups in total. The zero-order valence-corrected chi connectivity index (χ0v) is 10.2. The highest BCUT2D eigenvalue weighted by Crippen LogP contribution is 2.09. The molecule has 0 saturated carbocycles. The molecule has 0 aliphatic heterocycles. The van der Waals surface area contributed by atoms with Crippen molar-refractivity contribution in [1.82, 2.24) is 9.88 Å². The molecule has 4 heteroatoms. The van der Waals surface area contributed by atoms with Crippen LogP contribution in [0.1, 0.15) is 32.3 Å². The van der Waals surface area contributed by atoms with Gasteiger partial charge in [0.15, 0.2) is 0 Å². The van der Waals surface area contributed by atoms with Gasteiger partial charge >= 0.3 is 0 Å². The third-order valence-corrected chi connectivity index (χ3v) is 2.46. The summed E-state index contributed by atoms with van der Waals surface area (Å²) in [6.45, 7) is 7.67. The summed E-state index contributed by atoms with van der Waals surface area (Å²) in [5.74, 6) is 6.07. The van der Waals surface area contributed by atoms with Crippen LogP contribution in [0.5, 0.6) is 0 Å². The Morgan fingerprint density at radius 1 is 1.31 bits per heavy atom. The first-order valence-corrected chi connectivity index (χ1v) is 5.94. The number of rotatable bonds is 7. The highest BCUT2D eigenvalue weighted by molar-refractivity contribution is 5.35. The van der Waals surface area contributed by atoms with E-state index >= 15 is 0 Å². The summed E-state index contributed by atoms with van der Waals surface area (Å²) >= 11 is 0. The van der Waals surface area contributed by atoms with Gasteiger partial charge in [0.05, 0.1) is 0 Å². The smallest absolute Gasteiger partial charge is 0.140 e. The highest BCUT2D eigenvalue weighted by atomic mass is 15.2. The summed E-state index contributed by atoms with van der Waals surface area (Å²) in [6.07, 6.45) is 4.17. The molecule has 0 bridgehead atoms. The first-order valence-electron chi connectivity index (χ1n) is 5.94. The van der Waals surface area contributed by atoms with Crippen LogP contribution in [-0.2, 0) is 6.54 Å². The summed E-state index contributed by atoms with van der Waals surface area (Å²) in [4.78, 5) is 6.56. The molecule has 0 fully saturated rings. The van der Waals surface area contributed by atoms with E-state index in [1.54, 1.807) is 6.20 Å². The Balaban J connectivity index is 2.60. The molecule has 90 valence electrons. The number of anilines is 1. The van der Waals surface area contributed by atoms with E-state index in [4.69, 9.17) is 5.84 Å². The average Bonchev–Trinajstić information content (AvgIpc) is 2.30. The van der Waals surface area contributed by atoms with Crippen molar-refractivity contribution >= 4 is 5.82 Å². The number of nitrogen functional groups attached to an aromatic ring is 1. The van der Waals surface area contributed by atoms with Gasteiger partial charge in [-0.15, -0.1) is 0 Å². The van der Waals surface area contributed by atoms with Gasteiger partial charge in [0.1, 0.15) is 5.82 Å². The first kappa shape index (κ1) is 12.9. The molecule has 1 rings (SSSR count). The first-order chi connectivity index (χ1) is 7.80. The minimum absolute atomic E-state index is 0.727. The van der Waals surface area contributed by atoms with E-state index in [-0.39, 0.29) is 0 Å². The molecule has 1 aromatic heterocycles. The molecule has 0 aromatic carbocycles. The van der Waals surface area contributed by atoms with Crippen molar-refractivity contribution in [3.05, 3.63) is 23.9 Å². The number of pyridine rings is 1. The third-order valence-electron chi connectivity index (χ3n) is 2.46. The molecule has 0 saturated heterocycles. The van der Waals surface area contributed by atoms with Crippen LogP contribution in [0.2, 0.25) is 0 Å². The van der Waals surface area contributed by atoms with E-state index in [9.17, 15) is 0 Å². The second-order valence-corrected chi connectivity index (χ2v) is 3.97. The molecule has 0 aliphatic rings. The largest absolute Gasteiger partial charge is 0.308 e. The van der Waals surface area contributed by atoms with Crippen LogP contribution in [0.25, 0.3) is 0 Å². The number of nitrogens with two attached hydrogens (primary N) is 1. The lowest BCUT2D eigenvalue weighted by Crippen LogP contribution is -2.25. The molecule has 0 unspecified atom stereocenters. The van der Waals surface area contributed by atoms with Crippen molar-refractivity contribution in [3.8, 4) is 0 Å². The van der Waals surface area contributed by atoms with Crippen molar-refractivity contribution in [2.75, 3.05) is 18.5 Å². The molecule has 16 heavy (non-hydrogen) atoms. The standard InChI is InChI=1S/C12H22N4/c1-3-7-16(8-4-2)10-11-5-6-14-12(9-11)15-13/h5-6,9H,3-4,7-8,10,13H2,1-2H3,(H,14,15). The van der Waals surface area contributed by atoms with Crippen molar-refractivity contribution in [2.24, 2.45) is 5.84 Å². The molecule has 0 atom stereocenters. The lowest BCUT2D eigenvalue weighted by molar-refractivity contribution is 0.266. The van der Waals surface area contributed by atoms with E-state index in [1.165, 1.54) is 18.4 Å². The Hall–Kier alpha value is -1.13. The maximum atomic E-state index is 5.34. The van der Waals surface area contributed by atoms with Crippen molar-refractivity contribution in [2.45, 2.75) is 33.2 Å². The Morgan fingerprint density at radius 2 is 2.00 bits per heavy atom. The Kier molecular flexibility index (Phi) is 5.82. The monoisotopic (exact) mass is 222 g/mol. The zero-order chi connectivity index (χ0) is 11.8. The number of aromatic nitrogens is 1. The van der Waals surface area contributed by atoms with Crippen molar-refractivity contribution in [3.63, 3.8) is 0 Å². The zero-order valence-electron chi connectivity index (χ0n) is 10.2. The second-order valence-electron chi connectivity index (χ2n) is 3.97. The van der Waals surface area contributed by atoms with E-state index < -0.39 is 0 Å². The van der Waals surface area contributed by atoms with Gasteiger partial charge in [0, 0.05) is 12.7 Å². The molecule has 1 aromatic rings. The van der Waals surface area contributed by atoms with Crippen LogP contribution in [0, 0.1) is 0 Å². The predicted molar refractivity (Wildman–Crippen MR) is 67.9 cm³/mol. The average molecular weight is 222 g/mol. The van der Waals surface area contributed by atoms with Crippen LogP contribution >= 0.6 is 0 Å². The van der Waals surface area contributed by atoms with Crippen LogP contribution < -0.4 is 11.3 Å². The summed E-state index contributed by atoms with van der Waals surface area (Å²) in [7, 11) is 0. The van der Waals surface area contributed by atoms with Crippen LogP contribution in [0.4, 0.5) is 5.82 Å². The van der Waals surface area contributed by atoms with Crippen LogP contribution in [0.15, 0.2) is 18.3 Å². The fraction of sp³-hybridized carbons (Fsp3) is 0.583. The SMILES string of the molecule is CCCN(CCC)Cc1ccnc(NN)c1. The van der Waals surface area contributed by atoms with Gasteiger partial charge in [-0.25, -0.2) is 10.8 Å². The van der Waals surface area contributed by atoms with Gasteiger partial charge < -0.3 is 5.43 Å². The lowest BCUT2D eigenvalue weighted by Gasteiger charge is -2.21. The molecule has 1 heterocycles. The number of nitrogens with one attached hydrogen (secondary N) is 1. The molecule has 0 spiro atoms. The van der Waals surface area contributed by atoms with Gasteiger partial charge in [-0.2, -0.15) is 0 Å². The third kappa shape index (κ3) is 4.16.